The molecule has 3 rings (SSSR count). The number of nitrogens with one attached hydrogen (secondary N) is 1. The number of amides is 1. The van der Waals surface area contributed by atoms with Crippen LogP contribution in [0.1, 0.15) is 28.8 Å². The van der Waals surface area contributed by atoms with Crippen LogP contribution in [0.25, 0.3) is 0 Å². The number of nitrogens with zero attached hydrogens (tertiary/aromatic N) is 1. The Bertz CT molecular complexity index is 905. The lowest BCUT2D eigenvalue weighted by Crippen LogP contribution is -2.28. The highest BCUT2D eigenvalue weighted by Gasteiger charge is 2.28. The second-order valence-corrected chi connectivity index (χ2v) is 8.08. The molecular formula is C18H21N3O4S. The summed E-state index contributed by atoms with van der Waals surface area (Å²) in [5, 5.41) is 12.6. The first-order valence-electron chi connectivity index (χ1n) is 8.35. The Morgan fingerprint density at radius 2 is 1.77 bits per heavy atom. The highest BCUT2D eigenvalue weighted by Crippen LogP contribution is 2.29. The monoisotopic (exact) mass is 375 g/mol. The van der Waals surface area contributed by atoms with E-state index < -0.39 is 15.9 Å². The van der Waals surface area contributed by atoms with Crippen molar-refractivity contribution in [3.8, 4) is 5.75 Å². The Hall–Kier alpha value is -2.42. The Morgan fingerprint density at radius 1 is 1.12 bits per heavy atom. The van der Waals surface area contributed by atoms with Crippen LogP contribution in [-0.2, 0) is 16.6 Å². The number of hydrogen-bond acceptors (Lipinski definition) is 5. The van der Waals surface area contributed by atoms with Gasteiger partial charge in [0.05, 0.1) is 10.6 Å². The molecule has 0 aromatic heterocycles. The van der Waals surface area contributed by atoms with Crippen molar-refractivity contribution in [2.24, 2.45) is 5.73 Å². The van der Waals surface area contributed by atoms with E-state index in [2.05, 4.69) is 5.32 Å². The first kappa shape index (κ1) is 18.4. The molecule has 1 heterocycles. The molecule has 0 saturated carbocycles. The van der Waals surface area contributed by atoms with Crippen LogP contribution < -0.4 is 11.1 Å². The molecule has 0 radical (unpaired) electrons. The van der Waals surface area contributed by atoms with Crippen molar-refractivity contribution in [1.82, 2.24) is 4.31 Å². The fourth-order valence-corrected chi connectivity index (χ4v) is 4.38. The molecule has 26 heavy (non-hydrogen) atoms. The van der Waals surface area contributed by atoms with Crippen molar-refractivity contribution in [3.63, 3.8) is 0 Å². The van der Waals surface area contributed by atoms with Gasteiger partial charge >= 0.3 is 0 Å². The zero-order valence-corrected chi connectivity index (χ0v) is 15.0. The van der Waals surface area contributed by atoms with Gasteiger partial charge in [-0.1, -0.05) is 12.1 Å². The van der Waals surface area contributed by atoms with E-state index in [9.17, 15) is 18.3 Å². The van der Waals surface area contributed by atoms with Gasteiger partial charge in [-0.15, -0.1) is 0 Å². The van der Waals surface area contributed by atoms with Gasteiger partial charge in [-0.2, -0.15) is 4.31 Å². The molecule has 1 saturated heterocycles. The average Bonchev–Trinajstić information content (AvgIpc) is 3.19. The molecule has 1 fully saturated rings. The molecule has 2 aromatic carbocycles. The maximum Gasteiger partial charge on any atom is 0.255 e. The molecular weight excluding hydrogens is 354 g/mol. The van der Waals surface area contributed by atoms with Crippen LogP contribution in [0.15, 0.2) is 47.4 Å². The van der Waals surface area contributed by atoms with Gasteiger partial charge < -0.3 is 16.2 Å². The normalized spacial score (nSPS) is 15.1. The SMILES string of the molecule is NCc1ccc(C(=O)Nc2cc(S(=O)(=O)N3CCCC3)ccc2O)cc1. The second-order valence-electron chi connectivity index (χ2n) is 6.15. The van der Waals surface area contributed by atoms with Crippen molar-refractivity contribution in [1.29, 1.82) is 0 Å². The third kappa shape index (κ3) is 3.72. The minimum Gasteiger partial charge on any atom is -0.506 e. The highest BCUT2D eigenvalue weighted by atomic mass is 32.2. The predicted molar refractivity (Wildman–Crippen MR) is 98.4 cm³/mol. The molecule has 0 unspecified atom stereocenters. The van der Waals surface area contributed by atoms with Crippen molar-refractivity contribution < 1.29 is 18.3 Å². The van der Waals surface area contributed by atoms with Gasteiger partial charge in [0, 0.05) is 25.2 Å². The van der Waals surface area contributed by atoms with Gasteiger partial charge in [0.25, 0.3) is 5.91 Å². The summed E-state index contributed by atoms with van der Waals surface area (Å²) in [6.07, 6.45) is 1.67. The Balaban J connectivity index is 1.84. The Kier molecular flexibility index (Phi) is 5.26. The molecule has 8 heteroatoms. The minimum absolute atomic E-state index is 0.0472. The smallest absolute Gasteiger partial charge is 0.255 e. The number of nitrogens with two attached hydrogens (primary N) is 1. The van der Waals surface area contributed by atoms with E-state index in [0.29, 0.717) is 25.2 Å². The van der Waals surface area contributed by atoms with Crippen molar-refractivity contribution in [2.45, 2.75) is 24.3 Å². The number of sulfonamides is 1. The first-order chi connectivity index (χ1) is 12.4. The maximum absolute atomic E-state index is 12.6. The number of rotatable bonds is 5. The first-order valence-corrected chi connectivity index (χ1v) is 9.79. The van der Waals surface area contributed by atoms with E-state index in [0.717, 1.165) is 18.4 Å². The maximum atomic E-state index is 12.6. The standard InChI is InChI=1S/C18H21N3O4S/c19-12-13-3-5-14(6-4-13)18(23)20-16-11-15(7-8-17(16)22)26(24,25)21-9-1-2-10-21/h3-8,11,22H,1-2,9-10,12,19H2,(H,20,23). The molecule has 138 valence electrons. The van der Waals surface area contributed by atoms with E-state index in [1.807, 2.05) is 0 Å². The Morgan fingerprint density at radius 3 is 2.38 bits per heavy atom. The van der Waals surface area contributed by atoms with Crippen molar-refractivity contribution in [2.75, 3.05) is 18.4 Å². The molecule has 1 amide bonds. The highest BCUT2D eigenvalue weighted by molar-refractivity contribution is 7.89. The summed E-state index contributed by atoms with van der Waals surface area (Å²) < 4.78 is 26.7. The van der Waals surface area contributed by atoms with Crippen molar-refractivity contribution >= 4 is 21.6 Å². The number of carbonyl (C=O) groups excluding carboxylic acids is 1. The summed E-state index contributed by atoms with van der Waals surface area (Å²) >= 11 is 0. The molecule has 1 aliphatic rings. The number of anilines is 1. The van der Waals surface area contributed by atoms with Crippen LogP contribution in [0.4, 0.5) is 5.69 Å². The summed E-state index contributed by atoms with van der Waals surface area (Å²) in [6.45, 7) is 1.34. The predicted octanol–water partition coefficient (Wildman–Crippen LogP) is 1.89. The topological polar surface area (TPSA) is 113 Å². The number of phenols is 1. The quantitative estimate of drug-likeness (QED) is 0.691. The molecule has 2 aromatic rings. The largest absolute Gasteiger partial charge is 0.506 e. The summed E-state index contributed by atoms with van der Waals surface area (Å²) in [5.41, 5.74) is 6.86. The number of carbonyl (C=O) groups is 1. The van der Waals surface area contributed by atoms with E-state index in [4.69, 9.17) is 5.73 Å². The zero-order chi connectivity index (χ0) is 18.7. The Labute approximate surface area is 152 Å². The summed E-state index contributed by atoms with van der Waals surface area (Å²) in [4.78, 5) is 12.4. The molecule has 1 aliphatic heterocycles. The average molecular weight is 375 g/mol. The molecule has 0 aliphatic carbocycles. The summed E-state index contributed by atoms with van der Waals surface area (Å²) in [6, 6.07) is 10.6. The molecule has 0 bridgehead atoms. The lowest BCUT2D eigenvalue weighted by atomic mass is 10.1. The van der Waals surface area contributed by atoms with E-state index >= 15 is 0 Å². The van der Waals surface area contributed by atoms with Gasteiger partial charge in [-0.05, 0) is 48.7 Å². The molecule has 4 N–H and O–H groups in total. The van der Waals surface area contributed by atoms with E-state index in [1.54, 1.807) is 24.3 Å². The van der Waals surface area contributed by atoms with Crippen LogP contribution in [0, 0.1) is 0 Å². The minimum atomic E-state index is -3.63. The second kappa shape index (κ2) is 7.45. The van der Waals surface area contributed by atoms with Crippen LogP contribution in [0.3, 0.4) is 0 Å². The summed E-state index contributed by atoms with van der Waals surface area (Å²) in [7, 11) is -3.63. The van der Waals surface area contributed by atoms with E-state index in [1.165, 1.54) is 22.5 Å². The van der Waals surface area contributed by atoms with E-state index in [-0.39, 0.29) is 16.3 Å². The van der Waals surface area contributed by atoms with Gasteiger partial charge in [0.1, 0.15) is 5.75 Å². The zero-order valence-electron chi connectivity index (χ0n) is 14.2. The number of phenolic OH excluding ortho intramolecular Hbond substituents is 1. The van der Waals surface area contributed by atoms with Crippen molar-refractivity contribution in [3.05, 3.63) is 53.6 Å². The fourth-order valence-electron chi connectivity index (χ4n) is 2.84. The van der Waals surface area contributed by atoms with Crippen LogP contribution >= 0.6 is 0 Å². The molecule has 0 spiro atoms. The summed E-state index contributed by atoms with van der Waals surface area (Å²) in [5.74, 6) is -0.642. The van der Waals surface area contributed by atoms with Crippen LogP contribution in [0.5, 0.6) is 5.75 Å². The van der Waals surface area contributed by atoms with Crippen LogP contribution in [0.2, 0.25) is 0 Å². The third-order valence-electron chi connectivity index (χ3n) is 4.37. The number of aromatic hydroxyl groups is 1. The van der Waals surface area contributed by atoms with Gasteiger partial charge in [-0.25, -0.2) is 8.42 Å². The number of benzene rings is 2. The molecule has 0 atom stereocenters. The lowest BCUT2D eigenvalue weighted by molar-refractivity contribution is 0.102. The third-order valence-corrected chi connectivity index (χ3v) is 6.27. The lowest BCUT2D eigenvalue weighted by Gasteiger charge is -2.16. The van der Waals surface area contributed by atoms with Gasteiger partial charge in [0.2, 0.25) is 10.0 Å². The van der Waals surface area contributed by atoms with Crippen LogP contribution in [-0.4, -0.2) is 36.8 Å². The van der Waals surface area contributed by atoms with Gasteiger partial charge in [0.15, 0.2) is 0 Å². The number of hydrogen-bond donors (Lipinski definition) is 3. The van der Waals surface area contributed by atoms with Gasteiger partial charge in [-0.3, -0.25) is 4.79 Å². The molecule has 7 nitrogen and oxygen atoms in total. The fraction of sp³-hybridized carbons (Fsp3) is 0.278.